The summed E-state index contributed by atoms with van der Waals surface area (Å²) in [4.78, 5) is 18.0. The van der Waals surface area contributed by atoms with Crippen molar-refractivity contribution in [2.24, 2.45) is 4.99 Å². The second kappa shape index (κ2) is 12.4. The molecule has 8 heteroatoms. The number of aliphatic hydroxyl groups is 1. The van der Waals surface area contributed by atoms with E-state index >= 15 is 0 Å². The number of benzene rings is 2. The molecule has 158 valence electrons. The monoisotopic (exact) mass is 514 g/mol. The van der Waals surface area contributed by atoms with Gasteiger partial charge in [-0.05, 0) is 42.3 Å². The lowest BCUT2D eigenvalue weighted by molar-refractivity contribution is 0.0827. The van der Waals surface area contributed by atoms with Crippen molar-refractivity contribution in [3.63, 3.8) is 0 Å². The predicted octanol–water partition coefficient (Wildman–Crippen LogP) is 2.93. The van der Waals surface area contributed by atoms with Crippen molar-refractivity contribution in [1.29, 1.82) is 0 Å². The molecule has 0 aromatic heterocycles. The smallest absolute Gasteiger partial charge is 0.253 e. The van der Waals surface area contributed by atoms with Gasteiger partial charge >= 0.3 is 0 Å². The molecule has 0 aliphatic heterocycles. The van der Waals surface area contributed by atoms with Crippen molar-refractivity contribution in [2.45, 2.75) is 19.6 Å². The lowest BCUT2D eigenvalue weighted by Crippen LogP contribution is -2.39. The summed E-state index contributed by atoms with van der Waals surface area (Å²) >= 11 is 0. The van der Waals surface area contributed by atoms with Gasteiger partial charge in [-0.15, -0.1) is 24.0 Å². The molecule has 0 spiro atoms. The Balaban J connectivity index is 0.00000420. The molecular formula is C21H28FIN4O2. The Morgan fingerprint density at radius 2 is 1.72 bits per heavy atom. The van der Waals surface area contributed by atoms with Crippen molar-refractivity contribution in [2.75, 3.05) is 27.2 Å². The Labute approximate surface area is 188 Å². The third kappa shape index (κ3) is 7.98. The van der Waals surface area contributed by atoms with Crippen molar-refractivity contribution < 1.29 is 14.3 Å². The Hall–Kier alpha value is -2.20. The van der Waals surface area contributed by atoms with E-state index in [0.29, 0.717) is 30.2 Å². The number of aliphatic hydroxyl groups excluding tert-OH is 1. The first-order valence-corrected chi connectivity index (χ1v) is 9.17. The van der Waals surface area contributed by atoms with E-state index in [-0.39, 0.29) is 42.2 Å². The Morgan fingerprint density at radius 3 is 2.28 bits per heavy atom. The number of nitrogens with one attached hydrogen (secondary N) is 2. The standard InChI is InChI=1S/C21H27FN4O2.HI/c1-4-23-21(25-14-19(27)16-9-11-18(22)12-10-16)24-13-15-5-7-17(8-6-15)20(28)26(2)3;/h5-12,19,27H,4,13-14H2,1-3H3,(H2,23,24,25);1H. The van der Waals surface area contributed by atoms with Crippen LogP contribution in [0.3, 0.4) is 0 Å². The Kier molecular flexibility index (Phi) is 10.6. The number of guanidine groups is 1. The molecule has 1 atom stereocenters. The second-order valence-corrected chi connectivity index (χ2v) is 6.54. The van der Waals surface area contributed by atoms with Crippen molar-refractivity contribution >= 4 is 35.8 Å². The summed E-state index contributed by atoms with van der Waals surface area (Å²) in [5, 5.41) is 16.4. The van der Waals surface area contributed by atoms with Gasteiger partial charge in [0.1, 0.15) is 5.82 Å². The Morgan fingerprint density at radius 1 is 1.10 bits per heavy atom. The second-order valence-electron chi connectivity index (χ2n) is 6.54. The first-order chi connectivity index (χ1) is 13.4. The molecule has 2 aromatic rings. The third-order valence-corrected chi connectivity index (χ3v) is 4.09. The van der Waals surface area contributed by atoms with E-state index < -0.39 is 6.10 Å². The molecule has 0 aliphatic rings. The summed E-state index contributed by atoms with van der Waals surface area (Å²) in [7, 11) is 3.44. The number of carbonyl (C=O) groups is 1. The first kappa shape index (κ1) is 24.8. The summed E-state index contributed by atoms with van der Waals surface area (Å²) in [6, 6.07) is 13.1. The van der Waals surface area contributed by atoms with Crippen LogP contribution >= 0.6 is 24.0 Å². The van der Waals surface area contributed by atoms with Gasteiger partial charge in [-0.1, -0.05) is 24.3 Å². The molecule has 0 fully saturated rings. The molecule has 1 unspecified atom stereocenters. The van der Waals surface area contributed by atoms with Crippen LogP contribution in [0.25, 0.3) is 0 Å². The van der Waals surface area contributed by atoms with E-state index in [1.165, 1.54) is 17.0 Å². The molecule has 2 rings (SSSR count). The highest BCUT2D eigenvalue weighted by molar-refractivity contribution is 14.0. The normalized spacial score (nSPS) is 12.0. The topological polar surface area (TPSA) is 77.0 Å². The van der Waals surface area contributed by atoms with E-state index in [4.69, 9.17) is 0 Å². The summed E-state index contributed by atoms with van der Waals surface area (Å²) in [6.45, 7) is 3.30. The van der Waals surface area contributed by atoms with Gasteiger partial charge < -0.3 is 20.6 Å². The number of hydrogen-bond donors (Lipinski definition) is 3. The highest BCUT2D eigenvalue weighted by atomic mass is 127. The van der Waals surface area contributed by atoms with Crippen molar-refractivity contribution in [1.82, 2.24) is 15.5 Å². The number of hydrogen-bond acceptors (Lipinski definition) is 3. The fraction of sp³-hybridized carbons (Fsp3) is 0.333. The maximum Gasteiger partial charge on any atom is 0.253 e. The van der Waals surface area contributed by atoms with Gasteiger partial charge in [-0.25, -0.2) is 9.38 Å². The summed E-state index contributed by atoms with van der Waals surface area (Å²) in [5.74, 6) is 0.189. The van der Waals surface area contributed by atoms with Crippen molar-refractivity contribution in [3.8, 4) is 0 Å². The SMILES string of the molecule is CCNC(=NCc1ccc(C(=O)N(C)C)cc1)NCC(O)c1ccc(F)cc1.I. The zero-order valence-corrected chi connectivity index (χ0v) is 19.2. The molecule has 1 amide bonds. The highest BCUT2D eigenvalue weighted by Gasteiger charge is 2.09. The highest BCUT2D eigenvalue weighted by Crippen LogP contribution is 2.12. The molecule has 0 saturated heterocycles. The van der Waals surface area contributed by atoms with Gasteiger partial charge in [-0.2, -0.15) is 0 Å². The molecule has 29 heavy (non-hydrogen) atoms. The molecule has 2 aromatic carbocycles. The van der Waals surface area contributed by atoms with Gasteiger partial charge in [0, 0.05) is 32.7 Å². The molecule has 3 N–H and O–H groups in total. The molecule has 0 aliphatic carbocycles. The lowest BCUT2D eigenvalue weighted by Gasteiger charge is -2.15. The zero-order valence-electron chi connectivity index (χ0n) is 16.9. The fourth-order valence-corrected chi connectivity index (χ4v) is 2.52. The minimum absolute atomic E-state index is 0. The van der Waals surface area contributed by atoms with E-state index in [0.717, 1.165) is 5.56 Å². The van der Waals surface area contributed by atoms with Crippen LogP contribution in [0.4, 0.5) is 4.39 Å². The maximum absolute atomic E-state index is 13.0. The number of amides is 1. The van der Waals surface area contributed by atoms with Crippen LogP contribution in [0, 0.1) is 5.82 Å². The number of nitrogens with zero attached hydrogens (tertiary/aromatic N) is 2. The van der Waals surface area contributed by atoms with Gasteiger partial charge in [0.05, 0.1) is 12.6 Å². The van der Waals surface area contributed by atoms with E-state index in [9.17, 15) is 14.3 Å². The van der Waals surface area contributed by atoms with Gasteiger partial charge in [0.25, 0.3) is 5.91 Å². The number of carbonyl (C=O) groups excluding carboxylic acids is 1. The Bertz CT molecular complexity index is 795. The largest absolute Gasteiger partial charge is 0.387 e. The molecule has 0 heterocycles. The number of halogens is 2. The summed E-state index contributed by atoms with van der Waals surface area (Å²) < 4.78 is 13.0. The summed E-state index contributed by atoms with van der Waals surface area (Å²) in [5.41, 5.74) is 2.22. The maximum atomic E-state index is 13.0. The molecule has 0 saturated carbocycles. The minimum Gasteiger partial charge on any atom is -0.387 e. The van der Waals surface area contributed by atoms with E-state index in [1.807, 2.05) is 19.1 Å². The average molecular weight is 514 g/mol. The van der Waals surface area contributed by atoms with Crippen LogP contribution in [0.5, 0.6) is 0 Å². The summed E-state index contributed by atoms with van der Waals surface area (Å²) in [6.07, 6.45) is -0.777. The molecule has 6 nitrogen and oxygen atoms in total. The number of rotatable bonds is 7. The van der Waals surface area contributed by atoms with Crippen molar-refractivity contribution in [3.05, 3.63) is 71.0 Å². The lowest BCUT2D eigenvalue weighted by atomic mass is 10.1. The molecule has 0 radical (unpaired) electrons. The van der Waals surface area contributed by atoms with Crippen LogP contribution in [-0.2, 0) is 6.54 Å². The van der Waals surface area contributed by atoms with Crippen LogP contribution in [0.15, 0.2) is 53.5 Å². The van der Waals surface area contributed by atoms with Crippen LogP contribution < -0.4 is 10.6 Å². The van der Waals surface area contributed by atoms with Gasteiger partial charge in [0.2, 0.25) is 0 Å². The minimum atomic E-state index is -0.777. The van der Waals surface area contributed by atoms with E-state index in [2.05, 4.69) is 15.6 Å². The number of aliphatic imine (C=N–C) groups is 1. The first-order valence-electron chi connectivity index (χ1n) is 9.17. The molecular weight excluding hydrogens is 486 g/mol. The average Bonchev–Trinajstić information content (AvgIpc) is 2.70. The van der Waals surface area contributed by atoms with Crippen LogP contribution in [-0.4, -0.2) is 49.1 Å². The predicted molar refractivity (Wildman–Crippen MR) is 124 cm³/mol. The fourth-order valence-electron chi connectivity index (χ4n) is 2.52. The molecule has 0 bridgehead atoms. The quantitative estimate of drug-likeness (QED) is 0.302. The van der Waals surface area contributed by atoms with Crippen LogP contribution in [0.2, 0.25) is 0 Å². The third-order valence-electron chi connectivity index (χ3n) is 4.09. The zero-order chi connectivity index (χ0) is 20.5. The van der Waals surface area contributed by atoms with Crippen LogP contribution in [0.1, 0.15) is 34.5 Å². The van der Waals surface area contributed by atoms with Gasteiger partial charge in [-0.3, -0.25) is 4.79 Å². The van der Waals surface area contributed by atoms with E-state index in [1.54, 1.807) is 38.4 Å². The van der Waals surface area contributed by atoms with Gasteiger partial charge in [0.15, 0.2) is 5.96 Å².